The van der Waals surface area contributed by atoms with Crippen LogP contribution in [0.25, 0.3) is 11.0 Å². The van der Waals surface area contributed by atoms with E-state index in [9.17, 15) is 5.26 Å². The summed E-state index contributed by atoms with van der Waals surface area (Å²) in [4.78, 5) is 4.52. The first kappa shape index (κ1) is 13.2. The second-order valence-corrected chi connectivity index (χ2v) is 5.62. The van der Waals surface area contributed by atoms with Crippen LogP contribution in [0.1, 0.15) is 22.5 Å². The Labute approximate surface area is 126 Å². The van der Waals surface area contributed by atoms with Crippen LogP contribution in [0.5, 0.6) is 0 Å². The molecule has 0 unspecified atom stereocenters. The molecule has 0 bridgehead atoms. The molecular weight excluding hydrogens is 290 g/mol. The minimum atomic E-state index is 0.336. The van der Waals surface area contributed by atoms with Crippen LogP contribution in [-0.4, -0.2) is 9.55 Å². The Kier molecular flexibility index (Phi) is 3.47. The number of nitriles is 1. The van der Waals surface area contributed by atoms with E-state index in [-0.39, 0.29) is 0 Å². The van der Waals surface area contributed by atoms with Crippen molar-refractivity contribution in [3.63, 3.8) is 0 Å². The quantitative estimate of drug-likeness (QED) is 0.684. The molecule has 1 aromatic carbocycles. The predicted octanol–water partition coefficient (Wildman–Crippen LogP) is 4.07. The maximum absolute atomic E-state index is 9.18. The molecule has 0 aliphatic rings. The molecule has 0 saturated carbocycles. The number of halogens is 1. The minimum Gasteiger partial charge on any atom is -0.322 e. The number of aryl methyl sites for hydroxylation is 1. The number of hydrogen-bond acceptors (Lipinski definition) is 3. The SMILES string of the molecule is Cc1cscc1Cn1c(CCl)nc2c(C#N)cccc21. The van der Waals surface area contributed by atoms with Gasteiger partial charge in [-0.05, 0) is 40.9 Å². The number of aromatic nitrogens is 2. The van der Waals surface area contributed by atoms with Crippen LogP contribution in [0.2, 0.25) is 0 Å². The zero-order valence-corrected chi connectivity index (χ0v) is 12.5. The van der Waals surface area contributed by atoms with Crippen molar-refractivity contribution in [1.29, 1.82) is 5.26 Å². The van der Waals surface area contributed by atoms with Crippen LogP contribution < -0.4 is 0 Å². The maximum atomic E-state index is 9.18. The Morgan fingerprint density at radius 3 is 2.90 bits per heavy atom. The lowest BCUT2D eigenvalue weighted by atomic mass is 10.2. The van der Waals surface area contributed by atoms with Gasteiger partial charge in [0.2, 0.25) is 0 Å². The summed E-state index contributed by atoms with van der Waals surface area (Å²) in [5, 5.41) is 13.5. The van der Waals surface area contributed by atoms with E-state index >= 15 is 0 Å². The number of alkyl halides is 1. The molecular formula is C15H12ClN3S. The number of hydrogen-bond donors (Lipinski definition) is 0. The van der Waals surface area contributed by atoms with E-state index in [4.69, 9.17) is 11.6 Å². The number of rotatable bonds is 3. The van der Waals surface area contributed by atoms with E-state index in [2.05, 4.69) is 33.3 Å². The second-order valence-electron chi connectivity index (χ2n) is 4.61. The van der Waals surface area contributed by atoms with Crippen molar-refractivity contribution in [3.05, 3.63) is 51.5 Å². The van der Waals surface area contributed by atoms with E-state index in [1.54, 1.807) is 17.4 Å². The van der Waals surface area contributed by atoms with Crippen molar-refractivity contribution >= 4 is 34.0 Å². The molecule has 3 aromatic rings. The first-order chi connectivity index (χ1) is 9.74. The van der Waals surface area contributed by atoms with Crippen LogP contribution in [0.3, 0.4) is 0 Å². The lowest BCUT2D eigenvalue weighted by Crippen LogP contribution is -2.03. The van der Waals surface area contributed by atoms with Crippen molar-refractivity contribution in [3.8, 4) is 6.07 Å². The molecule has 0 fully saturated rings. The highest BCUT2D eigenvalue weighted by Crippen LogP contribution is 2.24. The standard InChI is InChI=1S/C15H12ClN3S/c1-10-8-20-9-12(10)7-19-13-4-2-3-11(6-17)15(13)18-14(19)5-16/h2-4,8-9H,5,7H2,1H3. The molecule has 3 rings (SSSR count). The van der Waals surface area contributed by atoms with Crippen molar-refractivity contribution in [2.45, 2.75) is 19.3 Å². The molecule has 2 aromatic heterocycles. The average molecular weight is 302 g/mol. The highest BCUT2D eigenvalue weighted by atomic mass is 35.5. The Balaban J connectivity index is 2.19. The Hall–Kier alpha value is -1.83. The molecule has 0 atom stereocenters. The number of imidazole rings is 1. The summed E-state index contributed by atoms with van der Waals surface area (Å²) in [5.41, 5.74) is 4.83. The fraction of sp³-hybridized carbons (Fsp3) is 0.200. The number of thiophene rings is 1. The van der Waals surface area contributed by atoms with Gasteiger partial charge < -0.3 is 4.57 Å². The van der Waals surface area contributed by atoms with E-state index < -0.39 is 0 Å². The Bertz CT molecular complexity index is 810. The molecule has 0 spiro atoms. The molecule has 0 amide bonds. The third kappa shape index (κ3) is 2.09. The van der Waals surface area contributed by atoms with E-state index in [1.807, 2.05) is 12.1 Å². The lowest BCUT2D eigenvalue weighted by Gasteiger charge is -2.07. The first-order valence-corrected chi connectivity index (χ1v) is 7.68. The van der Waals surface area contributed by atoms with Crippen LogP contribution >= 0.6 is 22.9 Å². The summed E-state index contributed by atoms with van der Waals surface area (Å²) in [6.45, 7) is 2.84. The smallest absolute Gasteiger partial charge is 0.125 e. The molecule has 3 nitrogen and oxygen atoms in total. The molecule has 0 N–H and O–H groups in total. The zero-order chi connectivity index (χ0) is 14.1. The van der Waals surface area contributed by atoms with Crippen molar-refractivity contribution in [2.75, 3.05) is 0 Å². The predicted molar refractivity (Wildman–Crippen MR) is 82.2 cm³/mol. The van der Waals surface area contributed by atoms with Gasteiger partial charge in [-0.15, -0.1) is 11.6 Å². The zero-order valence-electron chi connectivity index (χ0n) is 10.9. The molecule has 2 heterocycles. The normalized spacial score (nSPS) is 10.8. The molecule has 0 saturated heterocycles. The average Bonchev–Trinajstić information content (AvgIpc) is 3.03. The van der Waals surface area contributed by atoms with Crippen molar-refractivity contribution in [1.82, 2.24) is 9.55 Å². The van der Waals surface area contributed by atoms with Crippen LogP contribution in [0.4, 0.5) is 0 Å². The molecule has 100 valence electrons. The summed E-state index contributed by atoms with van der Waals surface area (Å²) in [6.07, 6.45) is 0. The Morgan fingerprint density at radius 2 is 2.25 bits per heavy atom. The van der Waals surface area contributed by atoms with Gasteiger partial charge in [0.1, 0.15) is 17.4 Å². The largest absolute Gasteiger partial charge is 0.322 e. The van der Waals surface area contributed by atoms with Gasteiger partial charge >= 0.3 is 0 Å². The lowest BCUT2D eigenvalue weighted by molar-refractivity contribution is 0.777. The molecule has 0 aliphatic heterocycles. The summed E-state index contributed by atoms with van der Waals surface area (Å²) < 4.78 is 2.10. The summed E-state index contributed by atoms with van der Waals surface area (Å²) in [6, 6.07) is 7.85. The number of fused-ring (bicyclic) bond motifs is 1. The minimum absolute atomic E-state index is 0.336. The van der Waals surface area contributed by atoms with E-state index in [0.717, 1.165) is 23.4 Å². The van der Waals surface area contributed by atoms with Crippen LogP contribution in [0.15, 0.2) is 29.0 Å². The van der Waals surface area contributed by atoms with Crippen LogP contribution in [-0.2, 0) is 12.4 Å². The van der Waals surface area contributed by atoms with Gasteiger partial charge in [-0.3, -0.25) is 0 Å². The highest BCUT2D eigenvalue weighted by Gasteiger charge is 2.14. The maximum Gasteiger partial charge on any atom is 0.125 e. The molecule has 20 heavy (non-hydrogen) atoms. The van der Waals surface area contributed by atoms with Crippen LogP contribution in [0, 0.1) is 18.3 Å². The second kappa shape index (κ2) is 5.28. The number of nitrogens with zero attached hydrogens (tertiary/aromatic N) is 3. The van der Waals surface area contributed by atoms with Gasteiger partial charge in [0.15, 0.2) is 0 Å². The van der Waals surface area contributed by atoms with E-state index in [0.29, 0.717) is 11.4 Å². The Morgan fingerprint density at radius 1 is 1.40 bits per heavy atom. The highest BCUT2D eigenvalue weighted by molar-refractivity contribution is 7.08. The van der Waals surface area contributed by atoms with Gasteiger partial charge in [-0.25, -0.2) is 4.98 Å². The van der Waals surface area contributed by atoms with Crippen molar-refractivity contribution < 1.29 is 0 Å². The molecule has 0 radical (unpaired) electrons. The summed E-state index contributed by atoms with van der Waals surface area (Å²) in [5.74, 6) is 1.14. The fourth-order valence-corrected chi connectivity index (χ4v) is 3.34. The van der Waals surface area contributed by atoms with Gasteiger partial charge in [-0.2, -0.15) is 16.6 Å². The monoisotopic (exact) mass is 301 g/mol. The van der Waals surface area contributed by atoms with E-state index in [1.165, 1.54) is 11.1 Å². The molecule has 5 heteroatoms. The van der Waals surface area contributed by atoms with Gasteiger partial charge in [0, 0.05) is 0 Å². The molecule has 0 aliphatic carbocycles. The summed E-state index contributed by atoms with van der Waals surface area (Å²) >= 11 is 7.71. The summed E-state index contributed by atoms with van der Waals surface area (Å²) in [7, 11) is 0. The number of benzene rings is 1. The third-order valence-corrected chi connectivity index (χ3v) is 4.54. The number of para-hydroxylation sites is 1. The first-order valence-electron chi connectivity index (χ1n) is 6.20. The third-order valence-electron chi connectivity index (χ3n) is 3.39. The van der Waals surface area contributed by atoms with Gasteiger partial charge in [0.05, 0.1) is 23.5 Å². The van der Waals surface area contributed by atoms with Crippen molar-refractivity contribution in [2.24, 2.45) is 0 Å². The fourth-order valence-electron chi connectivity index (χ4n) is 2.28. The van der Waals surface area contributed by atoms with Gasteiger partial charge in [0.25, 0.3) is 0 Å². The topological polar surface area (TPSA) is 41.6 Å². The van der Waals surface area contributed by atoms with Gasteiger partial charge in [-0.1, -0.05) is 6.07 Å².